The van der Waals surface area contributed by atoms with Gasteiger partial charge in [0.2, 0.25) is 0 Å². The van der Waals surface area contributed by atoms with E-state index in [-0.39, 0.29) is 12.1 Å². The molecule has 5 heteroatoms. The van der Waals surface area contributed by atoms with Gasteiger partial charge in [-0.3, -0.25) is 4.79 Å². The van der Waals surface area contributed by atoms with Crippen LogP contribution >= 0.6 is 0 Å². The van der Waals surface area contributed by atoms with Crippen molar-refractivity contribution in [1.82, 2.24) is 0 Å². The molecule has 0 aliphatic heterocycles. The lowest BCUT2D eigenvalue weighted by Gasteiger charge is -2.11. The molecular formula is C11H13NO4. The van der Waals surface area contributed by atoms with Crippen LogP contribution in [0.4, 0.5) is 5.69 Å². The number of carboxylic acids is 2. The summed E-state index contributed by atoms with van der Waals surface area (Å²) >= 11 is 0. The Hall–Kier alpha value is -2.04. The molecule has 0 bridgehead atoms. The van der Waals surface area contributed by atoms with Crippen LogP contribution in [-0.2, 0) is 4.79 Å². The summed E-state index contributed by atoms with van der Waals surface area (Å²) in [6, 6.07) is 3.05. The molecule has 0 aliphatic carbocycles. The van der Waals surface area contributed by atoms with E-state index in [0.29, 0.717) is 11.3 Å². The highest BCUT2D eigenvalue weighted by Crippen LogP contribution is 2.21. The first-order valence-corrected chi connectivity index (χ1v) is 4.72. The van der Waals surface area contributed by atoms with Crippen LogP contribution in [0, 0.1) is 13.8 Å². The molecule has 86 valence electrons. The van der Waals surface area contributed by atoms with Crippen molar-refractivity contribution in [2.24, 2.45) is 0 Å². The highest BCUT2D eigenvalue weighted by atomic mass is 16.4. The second-order valence-corrected chi connectivity index (χ2v) is 3.46. The maximum atomic E-state index is 10.8. The minimum Gasteiger partial charge on any atom is -0.480 e. The van der Waals surface area contributed by atoms with E-state index in [1.54, 1.807) is 19.9 Å². The number of carboxylic acid groups (broad SMARTS) is 2. The molecule has 0 amide bonds. The zero-order valence-corrected chi connectivity index (χ0v) is 9.07. The Balaban J connectivity index is 3.02. The summed E-state index contributed by atoms with van der Waals surface area (Å²) in [5.74, 6) is -1.94. The Morgan fingerprint density at radius 2 is 1.81 bits per heavy atom. The molecule has 0 atom stereocenters. The fourth-order valence-electron chi connectivity index (χ4n) is 1.41. The number of aromatic carboxylic acids is 1. The Morgan fingerprint density at radius 1 is 1.19 bits per heavy atom. The first-order chi connectivity index (χ1) is 7.43. The Bertz CT molecular complexity index is 440. The molecule has 1 rings (SSSR count). The van der Waals surface area contributed by atoms with Crippen molar-refractivity contribution >= 4 is 17.6 Å². The standard InChI is InChI=1S/C11H13NO4/c1-6-7(2)9(12-5-10(13)14)4-3-8(6)11(15)16/h3-4,12H,5H2,1-2H3,(H,13,14)(H,15,16). The zero-order chi connectivity index (χ0) is 12.3. The summed E-state index contributed by atoms with van der Waals surface area (Å²) in [4.78, 5) is 21.2. The molecule has 0 fully saturated rings. The molecule has 0 aliphatic rings. The number of rotatable bonds is 4. The SMILES string of the molecule is Cc1c(NCC(=O)O)ccc(C(=O)O)c1C. The van der Waals surface area contributed by atoms with Gasteiger partial charge in [0.25, 0.3) is 0 Å². The lowest BCUT2D eigenvalue weighted by Crippen LogP contribution is -2.14. The minimum atomic E-state index is -0.981. The Kier molecular flexibility index (Phi) is 3.50. The van der Waals surface area contributed by atoms with Crippen molar-refractivity contribution in [2.75, 3.05) is 11.9 Å². The second-order valence-electron chi connectivity index (χ2n) is 3.46. The van der Waals surface area contributed by atoms with Crippen LogP contribution in [-0.4, -0.2) is 28.7 Å². The van der Waals surface area contributed by atoms with Gasteiger partial charge in [-0.25, -0.2) is 4.79 Å². The number of nitrogens with one attached hydrogen (secondary N) is 1. The predicted octanol–water partition coefficient (Wildman–Crippen LogP) is 1.50. The van der Waals surface area contributed by atoms with Gasteiger partial charge < -0.3 is 15.5 Å². The van der Waals surface area contributed by atoms with E-state index in [0.717, 1.165) is 5.56 Å². The number of hydrogen-bond donors (Lipinski definition) is 3. The molecule has 0 saturated carbocycles. The number of carbonyl (C=O) groups is 2. The molecule has 0 spiro atoms. The molecule has 3 N–H and O–H groups in total. The summed E-state index contributed by atoms with van der Waals surface area (Å²) in [7, 11) is 0. The Labute approximate surface area is 92.7 Å². The van der Waals surface area contributed by atoms with Crippen LogP contribution in [0.1, 0.15) is 21.5 Å². The summed E-state index contributed by atoms with van der Waals surface area (Å²) < 4.78 is 0. The van der Waals surface area contributed by atoms with Crippen LogP contribution in [0.2, 0.25) is 0 Å². The third-order valence-electron chi connectivity index (χ3n) is 2.45. The van der Waals surface area contributed by atoms with Gasteiger partial charge in [-0.05, 0) is 37.1 Å². The van der Waals surface area contributed by atoms with Gasteiger partial charge in [0.1, 0.15) is 6.54 Å². The van der Waals surface area contributed by atoms with Gasteiger partial charge in [0, 0.05) is 5.69 Å². The molecule has 0 radical (unpaired) electrons. The lowest BCUT2D eigenvalue weighted by molar-refractivity contribution is -0.134. The molecule has 0 heterocycles. The lowest BCUT2D eigenvalue weighted by atomic mass is 10.0. The number of aliphatic carboxylic acids is 1. The minimum absolute atomic E-state index is 0.188. The third kappa shape index (κ3) is 2.50. The van der Waals surface area contributed by atoms with E-state index in [9.17, 15) is 9.59 Å². The maximum Gasteiger partial charge on any atom is 0.335 e. The average Bonchev–Trinajstić information content (AvgIpc) is 2.19. The van der Waals surface area contributed by atoms with E-state index in [1.807, 2.05) is 0 Å². The first-order valence-electron chi connectivity index (χ1n) is 4.72. The van der Waals surface area contributed by atoms with Crippen molar-refractivity contribution in [1.29, 1.82) is 0 Å². The molecule has 5 nitrogen and oxygen atoms in total. The van der Waals surface area contributed by atoms with Crippen LogP contribution < -0.4 is 5.32 Å². The number of benzene rings is 1. The summed E-state index contributed by atoms with van der Waals surface area (Å²) in [5, 5.41) is 20.1. The van der Waals surface area contributed by atoms with Gasteiger partial charge in [-0.15, -0.1) is 0 Å². The van der Waals surface area contributed by atoms with Crippen molar-refractivity contribution in [2.45, 2.75) is 13.8 Å². The fourth-order valence-corrected chi connectivity index (χ4v) is 1.41. The predicted molar refractivity (Wildman–Crippen MR) is 59.0 cm³/mol. The highest BCUT2D eigenvalue weighted by molar-refractivity contribution is 5.90. The third-order valence-corrected chi connectivity index (χ3v) is 2.45. The van der Waals surface area contributed by atoms with Crippen molar-refractivity contribution in [3.05, 3.63) is 28.8 Å². The molecule has 1 aromatic carbocycles. The van der Waals surface area contributed by atoms with Crippen molar-refractivity contribution < 1.29 is 19.8 Å². The quantitative estimate of drug-likeness (QED) is 0.720. The van der Waals surface area contributed by atoms with Gasteiger partial charge in [-0.2, -0.15) is 0 Å². The molecule has 0 saturated heterocycles. The number of anilines is 1. The summed E-state index contributed by atoms with van der Waals surface area (Å²) in [6.45, 7) is 3.27. The van der Waals surface area contributed by atoms with E-state index in [2.05, 4.69) is 5.32 Å². The maximum absolute atomic E-state index is 10.8. The molecule has 0 unspecified atom stereocenters. The van der Waals surface area contributed by atoms with E-state index in [1.165, 1.54) is 6.07 Å². The molecule has 0 aromatic heterocycles. The van der Waals surface area contributed by atoms with Crippen LogP contribution in [0.15, 0.2) is 12.1 Å². The largest absolute Gasteiger partial charge is 0.480 e. The summed E-state index contributed by atoms with van der Waals surface area (Å²) in [5.41, 5.74) is 2.27. The van der Waals surface area contributed by atoms with Gasteiger partial charge in [-0.1, -0.05) is 0 Å². The highest BCUT2D eigenvalue weighted by Gasteiger charge is 2.11. The first kappa shape index (κ1) is 12.0. The zero-order valence-electron chi connectivity index (χ0n) is 9.07. The van der Waals surface area contributed by atoms with Crippen LogP contribution in [0.25, 0.3) is 0 Å². The summed E-state index contributed by atoms with van der Waals surface area (Å²) in [6.07, 6.45) is 0. The second kappa shape index (κ2) is 4.65. The molecule has 1 aromatic rings. The fraction of sp³-hybridized carbons (Fsp3) is 0.273. The van der Waals surface area contributed by atoms with E-state index in [4.69, 9.17) is 10.2 Å². The van der Waals surface area contributed by atoms with Gasteiger partial charge >= 0.3 is 11.9 Å². The average molecular weight is 223 g/mol. The van der Waals surface area contributed by atoms with E-state index < -0.39 is 11.9 Å². The van der Waals surface area contributed by atoms with Gasteiger partial charge in [0.15, 0.2) is 0 Å². The Morgan fingerprint density at radius 3 is 2.31 bits per heavy atom. The topological polar surface area (TPSA) is 86.6 Å². The normalized spacial score (nSPS) is 9.88. The number of hydrogen-bond acceptors (Lipinski definition) is 3. The monoisotopic (exact) mass is 223 g/mol. The smallest absolute Gasteiger partial charge is 0.335 e. The molecular weight excluding hydrogens is 210 g/mol. The van der Waals surface area contributed by atoms with Crippen molar-refractivity contribution in [3.8, 4) is 0 Å². The van der Waals surface area contributed by atoms with E-state index >= 15 is 0 Å². The van der Waals surface area contributed by atoms with Crippen LogP contribution in [0.3, 0.4) is 0 Å². The molecule has 16 heavy (non-hydrogen) atoms. The van der Waals surface area contributed by atoms with Crippen molar-refractivity contribution in [3.63, 3.8) is 0 Å². The van der Waals surface area contributed by atoms with Crippen LogP contribution in [0.5, 0.6) is 0 Å². The van der Waals surface area contributed by atoms with Gasteiger partial charge in [0.05, 0.1) is 5.56 Å².